The number of H-pyrrole nitrogens is 1. The van der Waals surface area contributed by atoms with Crippen molar-refractivity contribution in [2.75, 3.05) is 11.9 Å². The number of fused-ring (bicyclic) bond motifs is 1. The number of aromatic amines is 1. The molecule has 0 radical (unpaired) electrons. The topological polar surface area (TPSA) is 65.2 Å². The van der Waals surface area contributed by atoms with Crippen molar-refractivity contribution in [2.24, 2.45) is 0 Å². The summed E-state index contributed by atoms with van der Waals surface area (Å²) in [6, 6.07) is 11.0. The number of urea groups is 1. The fraction of sp³-hybridized carbons (Fsp3) is 0.273. The van der Waals surface area contributed by atoms with Crippen molar-refractivity contribution in [3.63, 3.8) is 0 Å². The summed E-state index contributed by atoms with van der Waals surface area (Å²) >= 11 is 0. The monoisotopic (exact) mass is 381 g/mol. The van der Waals surface area contributed by atoms with Crippen LogP contribution >= 0.6 is 0 Å². The summed E-state index contributed by atoms with van der Waals surface area (Å²) < 4.78 is 13.4. The Morgan fingerprint density at radius 2 is 1.96 bits per heavy atom. The molecule has 0 bridgehead atoms. The van der Waals surface area contributed by atoms with Gasteiger partial charge in [0.1, 0.15) is 5.82 Å². The molecule has 2 amide bonds. The number of pyridine rings is 1. The molecular weight excluding hydrogens is 357 g/mol. The molecular formula is C22H24FN3O2. The normalized spacial score (nSPS) is 10.9. The van der Waals surface area contributed by atoms with Gasteiger partial charge in [-0.3, -0.25) is 4.79 Å². The Morgan fingerprint density at radius 1 is 1.18 bits per heavy atom. The number of carbonyl (C=O) groups excluding carboxylic acids is 1. The molecule has 0 aliphatic rings. The number of amides is 2. The molecule has 3 rings (SSSR count). The number of nitrogens with one attached hydrogen (secondary N) is 2. The highest BCUT2D eigenvalue weighted by Crippen LogP contribution is 2.22. The summed E-state index contributed by atoms with van der Waals surface area (Å²) in [5, 5.41) is 3.66. The van der Waals surface area contributed by atoms with Gasteiger partial charge in [-0.15, -0.1) is 0 Å². The van der Waals surface area contributed by atoms with Gasteiger partial charge in [-0.05, 0) is 55.7 Å². The molecule has 6 heteroatoms. The maximum Gasteiger partial charge on any atom is 0.322 e. The van der Waals surface area contributed by atoms with E-state index < -0.39 is 5.82 Å². The van der Waals surface area contributed by atoms with Crippen LogP contribution in [0, 0.1) is 19.7 Å². The van der Waals surface area contributed by atoms with Crippen LogP contribution in [0.2, 0.25) is 0 Å². The first-order valence-electron chi connectivity index (χ1n) is 9.32. The third-order valence-electron chi connectivity index (χ3n) is 4.60. The third kappa shape index (κ3) is 4.39. The van der Waals surface area contributed by atoms with Crippen molar-refractivity contribution in [1.29, 1.82) is 0 Å². The molecule has 2 aromatic carbocycles. The van der Waals surface area contributed by atoms with Crippen LogP contribution in [0.4, 0.5) is 14.9 Å². The molecule has 0 fully saturated rings. The second kappa shape index (κ2) is 8.25. The van der Waals surface area contributed by atoms with Crippen LogP contribution in [0.5, 0.6) is 0 Å². The number of hydrogen-bond donors (Lipinski definition) is 2. The first-order valence-corrected chi connectivity index (χ1v) is 9.32. The van der Waals surface area contributed by atoms with Crippen molar-refractivity contribution in [2.45, 2.75) is 33.7 Å². The minimum atomic E-state index is -0.411. The van der Waals surface area contributed by atoms with Crippen LogP contribution in [0.15, 0.2) is 47.3 Å². The van der Waals surface area contributed by atoms with Gasteiger partial charge >= 0.3 is 6.03 Å². The summed E-state index contributed by atoms with van der Waals surface area (Å²) in [4.78, 5) is 29.5. The van der Waals surface area contributed by atoms with E-state index in [-0.39, 0.29) is 18.1 Å². The lowest BCUT2D eigenvalue weighted by atomic mass is 10.0. The van der Waals surface area contributed by atoms with Gasteiger partial charge in [-0.25, -0.2) is 9.18 Å². The van der Waals surface area contributed by atoms with E-state index >= 15 is 0 Å². The van der Waals surface area contributed by atoms with Gasteiger partial charge in [0.25, 0.3) is 0 Å². The standard InChI is InChI=1S/C22H24FN3O2/c1-4-8-26(22(28)24-18-7-5-6-17(23)12-18)13-16-11-20(27)25-21-15(3)9-14(2)10-19(16)21/h5-7,9-12H,4,8,13H2,1-3H3,(H,24,28)(H,25,27). The average molecular weight is 381 g/mol. The van der Waals surface area contributed by atoms with E-state index in [1.54, 1.807) is 23.1 Å². The van der Waals surface area contributed by atoms with E-state index in [0.717, 1.165) is 34.0 Å². The van der Waals surface area contributed by atoms with E-state index in [0.29, 0.717) is 12.2 Å². The van der Waals surface area contributed by atoms with E-state index in [1.165, 1.54) is 12.1 Å². The molecule has 1 aromatic heterocycles. The largest absolute Gasteiger partial charge is 0.322 e. The number of aryl methyl sites for hydroxylation is 2. The third-order valence-corrected chi connectivity index (χ3v) is 4.60. The van der Waals surface area contributed by atoms with E-state index in [9.17, 15) is 14.0 Å². The van der Waals surface area contributed by atoms with E-state index in [4.69, 9.17) is 0 Å². The lowest BCUT2D eigenvalue weighted by Crippen LogP contribution is -2.35. The van der Waals surface area contributed by atoms with Crippen molar-refractivity contribution < 1.29 is 9.18 Å². The fourth-order valence-electron chi connectivity index (χ4n) is 3.41. The Labute approximate surface area is 163 Å². The number of nitrogens with zero attached hydrogens (tertiary/aromatic N) is 1. The van der Waals surface area contributed by atoms with Crippen LogP contribution in [0.25, 0.3) is 10.9 Å². The lowest BCUT2D eigenvalue weighted by molar-refractivity contribution is 0.209. The average Bonchev–Trinajstić information content (AvgIpc) is 2.62. The van der Waals surface area contributed by atoms with Crippen LogP contribution in [-0.4, -0.2) is 22.5 Å². The highest BCUT2D eigenvalue weighted by Gasteiger charge is 2.16. The SMILES string of the molecule is CCCN(Cc1cc(=O)[nH]c2c(C)cc(C)cc12)C(=O)Nc1cccc(F)c1. The Balaban J connectivity index is 1.94. The van der Waals surface area contributed by atoms with E-state index in [1.807, 2.05) is 32.9 Å². The zero-order valence-electron chi connectivity index (χ0n) is 16.3. The lowest BCUT2D eigenvalue weighted by Gasteiger charge is -2.23. The maximum absolute atomic E-state index is 13.4. The quantitative estimate of drug-likeness (QED) is 0.671. The smallest absolute Gasteiger partial charge is 0.322 e. The van der Waals surface area contributed by atoms with Gasteiger partial charge in [0.05, 0.1) is 5.52 Å². The van der Waals surface area contributed by atoms with Gasteiger partial charge in [0.2, 0.25) is 5.56 Å². The highest BCUT2D eigenvalue weighted by atomic mass is 19.1. The van der Waals surface area contributed by atoms with Crippen molar-refractivity contribution in [3.8, 4) is 0 Å². The van der Waals surface area contributed by atoms with Gasteiger partial charge in [-0.1, -0.05) is 24.6 Å². The molecule has 1 heterocycles. The summed E-state index contributed by atoms with van der Waals surface area (Å²) in [7, 11) is 0. The molecule has 0 saturated heterocycles. The minimum absolute atomic E-state index is 0.198. The Kier molecular flexibility index (Phi) is 5.78. The number of carbonyl (C=O) groups is 1. The second-order valence-electron chi connectivity index (χ2n) is 7.03. The molecule has 0 aliphatic carbocycles. The van der Waals surface area contributed by atoms with Crippen molar-refractivity contribution in [3.05, 3.63) is 75.3 Å². The number of rotatable bonds is 5. The molecule has 2 N–H and O–H groups in total. The number of anilines is 1. The van der Waals surface area contributed by atoms with Crippen LogP contribution in [-0.2, 0) is 6.54 Å². The second-order valence-corrected chi connectivity index (χ2v) is 7.03. The molecule has 3 aromatic rings. The van der Waals surface area contributed by atoms with Gasteiger partial charge in [0, 0.05) is 30.2 Å². The molecule has 0 unspecified atom stereocenters. The highest BCUT2D eigenvalue weighted by molar-refractivity contribution is 5.90. The van der Waals surface area contributed by atoms with Crippen molar-refractivity contribution in [1.82, 2.24) is 9.88 Å². The Bertz CT molecular complexity index is 1080. The molecule has 0 saturated carbocycles. The zero-order chi connectivity index (χ0) is 20.3. The predicted molar refractivity (Wildman–Crippen MR) is 110 cm³/mol. The first kappa shape index (κ1) is 19.6. The fourth-order valence-corrected chi connectivity index (χ4v) is 3.41. The minimum Gasteiger partial charge on any atom is -0.322 e. The maximum atomic E-state index is 13.4. The Hall–Kier alpha value is -3.15. The van der Waals surface area contributed by atoms with Crippen LogP contribution in [0.3, 0.4) is 0 Å². The number of aromatic nitrogens is 1. The zero-order valence-corrected chi connectivity index (χ0v) is 16.3. The number of halogens is 1. The summed E-state index contributed by atoms with van der Waals surface area (Å²) in [6.07, 6.45) is 0.760. The van der Waals surface area contributed by atoms with Gasteiger partial charge in [0.15, 0.2) is 0 Å². The van der Waals surface area contributed by atoms with Gasteiger partial charge < -0.3 is 15.2 Å². The molecule has 5 nitrogen and oxygen atoms in total. The van der Waals surface area contributed by atoms with Gasteiger partial charge in [-0.2, -0.15) is 0 Å². The van der Waals surface area contributed by atoms with Crippen molar-refractivity contribution >= 4 is 22.6 Å². The molecule has 0 aliphatic heterocycles. The van der Waals surface area contributed by atoms with Crippen LogP contribution in [0.1, 0.15) is 30.0 Å². The summed E-state index contributed by atoms with van der Waals surface area (Å²) in [5.74, 6) is -0.411. The number of hydrogen-bond acceptors (Lipinski definition) is 2. The van der Waals surface area contributed by atoms with Crippen LogP contribution < -0.4 is 10.9 Å². The summed E-state index contributed by atoms with van der Waals surface area (Å²) in [5.41, 5.74) is 3.85. The summed E-state index contributed by atoms with van der Waals surface area (Å²) in [6.45, 7) is 6.74. The molecule has 28 heavy (non-hydrogen) atoms. The number of benzene rings is 2. The van der Waals surface area contributed by atoms with E-state index in [2.05, 4.69) is 10.3 Å². The molecule has 0 spiro atoms. The molecule has 0 atom stereocenters. The first-order chi connectivity index (χ1) is 13.4. The Morgan fingerprint density at radius 3 is 2.68 bits per heavy atom. The molecule has 146 valence electrons. The predicted octanol–water partition coefficient (Wildman–Crippen LogP) is 4.73.